The zero-order valence-electron chi connectivity index (χ0n) is 20.2. The largest absolute Gasteiger partial charge is 0.497 e. The number of hydrogen-bond acceptors (Lipinski definition) is 4. The van der Waals surface area contributed by atoms with Crippen molar-refractivity contribution in [3.8, 4) is 11.5 Å². The zero-order chi connectivity index (χ0) is 23.9. The first-order valence-electron chi connectivity index (χ1n) is 11.2. The lowest BCUT2D eigenvalue weighted by atomic mass is 9.70. The van der Waals surface area contributed by atoms with E-state index in [1.807, 2.05) is 30.3 Å². The van der Waals surface area contributed by atoms with E-state index in [-0.39, 0.29) is 11.3 Å². The Kier molecular flexibility index (Phi) is 7.75. The fourth-order valence-electron chi connectivity index (χ4n) is 4.72. The smallest absolute Gasteiger partial charge is 0.270 e. The van der Waals surface area contributed by atoms with Gasteiger partial charge in [-0.05, 0) is 86.1 Å². The van der Waals surface area contributed by atoms with Gasteiger partial charge >= 0.3 is 0 Å². The number of ether oxygens (including phenoxy) is 2. The molecular formula is C28H34N2O3. The maximum atomic E-state index is 12.8. The number of carbonyl (C=O) groups is 1. The van der Waals surface area contributed by atoms with Gasteiger partial charge in [0, 0.05) is 11.7 Å². The van der Waals surface area contributed by atoms with Crippen LogP contribution >= 0.6 is 0 Å². The van der Waals surface area contributed by atoms with Gasteiger partial charge in [-0.2, -0.15) is 0 Å². The highest BCUT2D eigenvalue weighted by atomic mass is 16.5. The van der Waals surface area contributed by atoms with Gasteiger partial charge in [-0.15, -0.1) is 0 Å². The third-order valence-corrected chi connectivity index (χ3v) is 5.75. The van der Waals surface area contributed by atoms with Crippen LogP contribution in [0.2, 0.25) is 0 Å². The molecule has 1 amide bonds. The van der Waals surface area contributed by atoms with Crippen molar-refractivity contribution in [2.75, 3.05) is 14.2 Å². The third-order valence-electron chi connectivity index (χ3n) is 5.75. The quantitative estimate of drug-likeness (QED) is 0.447. The number of hydrogen-bond donors (Lipinski definition) is 1. The lowest BCUT2D eigenvalue weighted by Gasteiger charge is -2.38. The minimum atomic E-state index is -0.443. The van der Waals surface area contributed by atoms with Crippen molar-refractivity contribution >= 4 is 5.91 Å². The van der Waals surface area contributed by atoms with Gasteiger partial charge in [-0.25, -0.2) is 0 Å². The van der Waals surface area contributed by atoms with E-state index in [9.17, 15) is 4.79 Å². The predicted molar refractivity (Wildman–Crippen MR) is 132 cm³/mol. The summed E-state index contributed by atoms with van der Waals surface area (Å²) in [5.74, 6) is 1.53. The Bertz CT molecular complexity index is 1010. The number of nitrogens with one attached hydrogen (secondary N) is 1. The van der Waals surface area contributed by atoms with Gasteiger partial charge in [-0.1, -0.05) is 37.3 Å². The number of amides is 1. The van der Waals surface area contributed by atoms with Crippen LogP contribution in [0, 0.1) is 5.41 Å². The average molecular weight is 447 g/mol. The highest BCUT2D eigenvalue weighted by Gasteiger charge is 2.34. The van der Waals surface area contributed by atoms with E-state index in [1.54, 1.807) is 32.5 Å². The van der Waals surface area contributed by atoms with Crippen LogP contribution in [0.25, 0.3) is 0 Å². The van der Waals surface area contributed by atoms with Crippen molar-refractivity contribution in [1.82, 2.24) is 10.3 Å². The molecule has 5 heteroatoms. The number of carbonyl (C=O) groups excluding carboxylic acids is 1. The Labute approximate surface area is 197 Å². The Morgan fingerprint density at radius 3 is 1.91 bits per heavy atom. The number of benzene rings is 2. The van der Waals surface area contributed by atoms with Crippen molar-refractivity contribution < 1.29 is 14.3 Å². The molecule has 5 nitrogen and oxygen atoms in total. The summed E-state index contributed by atoms with van der Waals surface area (Å²) in [7, 11) is 3.37. The van der Waals surface area contributed by atoms with Crippen molar-refractivity contribution in [2.45, 2.75) is 45.6 Å². The molecule has 0 saturated carbocycles. The zero-order valence-corrected chi connectivity index (χ0v) is 20.2. The van der Waals surface area contributed by atoms with Crippen LogP contribution in [-0.2, 0) is 12.8 Å². The summed E-state index contributed by atoms with van der Waals surface area (Å²) in [5.41, 5.74) is 2.24. The monoisotopic (exact) mass is 446 g/mol. The van der Waals surface area contributed by atoms with Gasteiger partial charge in [-0.3, -0.25) is 9.78 Å². The Balaban J connectivity index is 1.86. The first-order chi connectivity index (χ1) is 15.7. The van der Waals surface area contributed by atoms with Gasteiger partial charge in [0.15, 0.2) is 0 Å². The Hall–Kier alpha value is -3.34. The SMILES string of the molecule is COc1cccc(CC(C)(Cc2cccc(OC)c2)CC(C)(C)NC(=O)c2ccccn2)c1. The number of aromatic nitrogens is 1. The van der Waals surface area contributed by atoms with E-state index >= 15 is 0 Å². The molecule has 33 heavy (non-hydrogen) atoms. The van der Waals surface area contributed by atoms with Crippen LogP contribution in [-0.4, -0.2) is 30.6 Å². The van der Waals surface area contributed by atoms with Gasteiger partial charge in [0.05, 0.1) is 14.2 Å². The Morgan fingerprint density at radius 1 is 0.848 bits per heavy atom. The summed E-state index contributed by atoms with van der Waals surface area (Å²) in [4.78, 5) is 17.0. The molecule has 3 rings (SSSR count). The van der Waals surface area contributed by atoms with Crippen LogP contribution in [0.4, 0.5) is 0 Å². The van der Waals surface area contributed by atoms with Crippen LogP contribution in [0.15, 0.2) is 72.9 Å². The lowest BCUT2D eigenvalue weighted by Crippen LogP contribution is -2.47. The molecule has 0 radical (unpaired) electrons. The number of rotatable bonds is 10. The molecule has 1 aromatic heterocycles. The molecule has 1 N–H and O–H groups in total. The topological polar surface area (TPSA) is 60.5 Å². The highest BCUT2D eigenvalue weighted by molar-refractivity contribution is 5.92. The molecular weight excluding hydrogens is 412 g/mol. The van der Waals surface area contributed by atoms with Crippen molar-refractivity contribution in [2.24, 2.45) is 5.41 Å². The third kappa shape index (κ3) is 7.07. The normalized spacial score (nSPS) is 11.7. The summed E-state index contributed by atoms with van der Waals surface area (Å²) >= 11 is 0. The van der Waals surface area contributed by atoms with E-state index < -0.39 is 5.54 Å². The van der Waals surface area contributed by atoms with Crippen LogP contribution in [0.1, 0.15) is 48.8 Å². The molecule has 1 heterocycles. The molecule has 0 fully saturated rings. The maximum Gasteiger partial charge on any atom is 0.270 e. The second-order valence-electron chi connectivity index (χ2n) is 9.60. The molecule has 0 spiro atoms. The predicted octanol–water partition coefficient (Wildman–Crippen LogP) is 5.49. The molecule has 2 aromatic carbocycles. The summed E-state index contributed by atoms with van der Waals surface area (Å²) in [5, 5.41) is 3.19. The number of methoxy groups -OCH3 is 2. The molecule has 0 aliphatic rings. The van der Waals surface area contributed by atoms with Gasteiger partial charge in [0.2, 0.25) is 0 Å². The van der Waals surface area contributed by atoms with Gasteiger partial charge in [0.1, 0.15) is 17.2 Å². The van der Waals surface area contributed by atoms with E-state index in [0.29, 0.717) is 5.69 Å². The van der Waals surface area contributed by atoms with Crippen LogP contribution < -0.4 is 14.8 Å². The molecule has 0 unspecified atom stereocenters. The Morgan fingerprint density at radius 2 is 1.42 bits per heavy atom. The second-order valence-corrected chi connectivity index (χ2v) is 9.60. The first-order valence-corrected chi connectivity index (χ1v) is 11.2. The van der Waals surface area contributed by atoms with Gasteiger partial charge in [0.25, 0.3) is 5.91 Å². The van der Waals surface area contributed by atoms with Crippen molar-refractivity contribution in [3.63, 3.8) is 0 Å². The van der Waals surface area contributed by atoms with Crippen molar-refractivity contribution in [3.05, 3.63) is 89.7 Å². The minimum absolute atomic E-state index is 0.139. The molecule has 3 aromatic rings. The lowest BCUT2D eigenvalue weighted by molar-refractivity contribution is 0.0875. The first kappa shape index (κ1) is 24.3. The fourth-order valence-corrected chi connectivity index (χ4v) is 4.72. The van der Waals surface area contributed by atoms with Crippen LogP contribution in [0.3, 0.4) is 0 Å². The second kappa shape index (κ2) is 10.5. The average Bonchev–Trinajstić information content (AvgIpc) is 2.78. The number of pyridine rings is 1. The summed E-state index contributed by atoms with van der Waals surface area (Å²) < 4.78 is 10.9. The molecule has 0 atom stereocenters. The van der Waals surface area contributed by atoms with E-state index in [1.165, 1.54) is 11.1 Å². The van der Waals surface area contributed by atoms with E-state index in [4.69, 9.17) is 9.47 Å². The molecule has 174 valence electrons. The van der Waals surface area contributed by atoms with Crippen molar-refractivity contribution in [1.29, 1.82) is 0 Å². The molecule has 0 aliphatic heterocycles. The van der Waals surface area contributed by atoms with Gasteiger partial charge < -0.3 is 14.8 Å². The standard InChI is InChI=1S/C28H34N2O3/c1-27(2,30-26(31)25-14-6-7-15-29-25)20-28(3,18-21-10-8-12-23(16-21)32-4)19-22-11-9-13-24(17-22)33-5/h6-17H,18-20H2,1-5H3,(H,30,31). The molecule has 0 aliphatic carbocycles. The van der Waals surface area contributed by atoms with E-state index in [0.717, 1.165) is 30.8 Å². The number of nitrogens with zero attached hydrogens (tertiary/aromatic N) is 1. The molecule has 0 bridgehead atoms. The molecule has 0 saturated heterocycles. The maximum absolute atomic E-state index is 12.8. The summed E-state index contributed by atoms with van der Waals surface area (Å²) in [6, 6.07) is 21.8. The van der Waals surface area contributed by atoms with Crippen LogP contribution in [0.5, 0.6) is 11.5 Å². The fraction of sp³-hybridized carbons (Fsp3) is 0.357. The summed E-state index contributed by atoms with van der Waals surface area (Å²) in [6.45, 7) is 6.42. The summed E-state index contributed by atoms with van der Waals surface area (Å²) in [6.07, 6.45) is 4.08. The highest BCUT2D eigenvalue weighted by Crippen LogP contribution is 2.37. The minimum Gasteiger partial charge on any atom is -0.497 e. The van der Waals surface area contributed by atoms with E-state index in [2.05, 4.69) is 55.3 Å².